The number of carbonyl (C=O) groups is 2. The number of sulfonamides is 2. The molecule has 0 aromatic heterocycles. The van der Waals surface area contributed by atoms with E-state index in [1.54, 1.807) is 14.7 Å². The highest BCUT2D eigenvalue weighted by Gasteiger charge is 2.51. The van der Waals surface area contributed by atoms with Crippen molar-refractivity contribution in [3.05, 3.63) is 144 Å². The highest BCUT2D eigenvalue weighted by molar-refractivity contribution is 7.93. The van der Waals surface area contributed by atoms with E-state index in [1.807, 2.05) is 0 Å². The maximum atomic E-state index is 15.8. The van der Waals surface area contributed by atoms with Gasteiger partial charge in [-0.25, -0.2) is 25.6 Å². The van der Waals surface area contributed by atoms with E-state index >= 15 is 21.6 Å². The summed E-state index contributed by atoms with van der Waals surface area (Å²) < 4.78 is 249. The number of anilines is 4. The van der Waals surface area contributed by atoms with Crippen molar-refractivity contribution in [2.45, 2.75) is 92.7 Å². The maximum absolute atomic E-state index is 15.8. The average Bonchev–Trinajstić information content (AvgIpc) is 0.748. The Morgan fingerprint density at radius 1 is 0.567 bits per heavy atom. The predicted octanol–water partition coefficient (Wildman–Crippen LogP) is 11.4. The van der Waals surface area contributed by atoms with Crippen LogP contribution in [0, 0.1) is 11.6 Å². The van der Waals surface area contributed by atoms with E-state index in [4.69, 9.17) is 4.74 Å². The molecule has 0 bridgehead atoms. The summed E-state index contributed by atoms with van der Waals surface area (Å²) in [4.78, 5) is 31.4. The number of benzene rings is 6. The van der Waals surface area contributed by atoms with E-state index in [1.165, 1.54) is 69.0 Å². The van der Waals surface area contributed by atoms with Gasteiger partial charge < -0.3 is 29.1 Å². The van der Waals surface area contributed by atoms with Crippen LogP contribution in [0.5, 0.6) is 11.5 Å². The number of rotatable bonds is 16. The molecule has 0 saturated carbocycles. The Morgan fingerprint density at radius 2 is 1.08 bits per heavy atom. The van der Waals surface area contributed by atoms with Crippen LogP contribution in [0.15, 0.2) is 125 Å². The summed E-state index contributed by atoms with van der Waals surface area (Å²) in [5.41, 5.74) is -6.67. The number of hydrogen-bond acceptors (Lipinski definition) is 13. The number of hydrogen-bond donors (Lipinski definition) is 1. The van der Waals surface area contributed by atoms with Crippen molar-refractivity contribution in [2.24, 2.45) is 0 Å². The van der Waals surface area contributed by atoms with Crippen molar-refractivity contribution in [1.29, 1.82) is 0 Å². The smallest absolute Gasteiger partial charge is 0.416 e. The zero-order chi connectivity index (χ0) is 65.4. The van der Waals surface area contributed by atoms with Crippen molar-refractivity contribution in [2.75, 3.05) is 77.3 Å². The summed E-state index contributed by atoms with van der Waals surface area (Å²) in [6.07, 6.45) is -11.2. The first kappa shape index (κ1) is 65.0. The summed E-state index contributed by atoms with van der Waals surface area (Å²) in [6.45, 7) is -2.63. The first-order valence-corrected chi connectivity index (χ1v) is 30.5. The molecule has 0 aliphatic carbocycles. The lowest BCUT2D eigenvalue weighted by atomic mass is 9.86. The summed E-state index contributed by atoms with van der Waals surface area (Å²) >= 11 is 0. The fourth-order valence-electron chi connectivity index (χ4n) is 11.9. The van der Waals surface area contributed by atoms with E-state index in [0.717, 1.165) is 57.1 Å². The molecule has 16 nitrogen and oxygen atoms in total. The molecular weight excluding hydrogens is 1260 g/mol. The SMILES string of the molecule is CC(C)(C)OC(=O)C(C)(Cc1ccc(S(=O)(=O)N2C[C@@H]3CN(CC(=O)O)CCN3c3ccc(-c4cc(F)cc(OC(F)F)c4)cc32)cc1C(F)(F)F)N1CCN2c3ccc(-c4cc(F)cc(OC(F)F)c4)cc3N(S(=O)(=O)c3cccc(C(F)(F)F)c3)C[C@@H]2C1. The molecule has 30 heteroatoms. The van der Waals surface area contributed by atoms with E-state index in [0.29, 0.717) is 30.3 Å². The minimum atomic E-state index is -5.35. The molecule has 10 rings (SSSR count). The normalized spacial score (nSPS) is 18.4. The van der Waals surface area contributed by atoms with Crippen LogP contribution in [0.4, 0.5) is 75.4 Å². The molecule has 6 aromatic carbocycles. The Balaban J connectivity index is 1.03. The molecule has 90 heavy (non-hydrogen) atoms. The second-order valence-corrected chi connectivity index (χ2v) is 26.9. The van der Waals surface area contributed by atoms with Crippen molar-refractivity contribution < 1.29 is 98.4 Å². The second kappa shape index (κ2) is 24.0. The van der Waals surface area contributed by atoms with Gasteiger partial charge in [0.1, 0.15) is 34.3 Å². The van der Waals surface area contributed by atoms with E-state index in [9.17, 15) is 62.6 Å². The van der Waals surface area contributed by atoms with Crippen molar-refractivity contribution >= 4 is 54.7 Å². The number of ether oxygens (including phenoxy) is 3. The van der Waals surface area contributed by atoms with Gasteiger partial charge in [-0.2, -0.15) is 43.9 Å². The zero-order valence-corrected chi connectivity index (χ0v) is 49.6. The minimum absolute atomic E-state index is 0.0132. The fraction of sp³-hybridized carbons (Fsp3) is 0.367. The largest absolute Gasteiger partial charge is 0.480 e. The Bertz CT molecular complexity index is 4010. The lowest BCUT2D eigenvalue weighted by Crippen LogP contribution is -2.67. The first-order chi connectivity index (χ1) is 42.0. The molecule has 0 radical (unpaired) electrons. The molecule has 482 valence electrons. The molecule has 2 fully saturated rings. The first-order valence-electron chi connectivity index (χ1n) is 27.7. The highest BCUT2D eigenvalue weighted by atomic mass is 32.2. The highest BCUT2D eigenvalue weighted by Crippen LogP contribution is 2.47. The number of alkyl halides is 10. The van der Waals surface area contributed by atoms with E-state index < -0.39 is 156 Å². The van der Waals surface area contributed by atoms with Gasteiger partial charge in [-0.1, -0.05) is 24.3 Å². The molecular formula is C60H56F12N6O10S2. The number of carboxylic acid groups (broad SMARTS) is 1. The van der Waals surface area contributed by atoms with E-state index in [-0.39, 0.29) is 84.3 Å². The molecule has 0 spiro atoms. The molecule has 4 aliphatic heterocycles. The van der Waals surface area contributed by atoms with Gasteiger partial charge in [-0.05, 0) is 134 Å². The third-order valence-corrected chi connectivity index (χ3v) is 19.5. The quantitative estimate of drug-likeness (QED) is 0.0717. The molecule has 3 atom stereocenters. The monoisotopic (exact) mass is 1310 g/mol. The standard InChI is InChI=1S/C60H56F12N6O10S2/c1-57(2,3)88-54(81)58(4,74-15-17-76-43(30-74)32-78(89(82,83)46-7-5-6-39(24-46)59(67,68)69)52-23-35(10-13-50(52)76)38-19-41(62)26-45(21-38)87-56(65)66)28-36-8-11-47(27-48(36)60(70,71)72)90(84,85)77-31-42-29-73(33-53(79)80)14-16-75(42)49-12-9-34(22-51(49)77)37-18-40(61)25-44(20-37)86-55(63)64/h5-13,18-27,42-43,55-56H,14-17,28-33H2,1-4H3,(H,79,80)/t42-,43-,58?/m0/s1. The van der Waals surface area contributed by atoms with Crippen LogP contribution in [-0.2, 0) is 53.1 Å². The molecule has 0 amide bonds. The van der Waals surface area contributed by atoms with Gasteiger partial charge in [0, 0.05) is 57.8 Å². The van der Waals surface area contributed by atoms with Gasteiger partial charge in [-0.15, -0.1) is 0 Å². The number of nitrogens with zero attached hydrogens (tertiary/aromatic N) is 6. The van der Waals surface area contributed by atoms with Crippen molar-refractivity contribution in [3.8, 4) is 33.8 Å². The third kappa shape index (κ3) is 13.4. The van der Waals surface area contributed by atoms with Crippen LogP contribution in [0.3, 0.4) is 0 Å². The number of halogens is 12. The minimum Gasteiger partial charge on any atom is -0.480 e. The number of piperazine rings is 2. The average molecular weight is 1310 g/mol. The van der Waals surface area contributed by atoms with Crippen LogP contribution >= 0.6 is 0 Å². The topological polar surface area (TPSA) is 170 Å². The van der Waals surface area contributed by atoms with Crippen molar-refractivity contribution in [1.82, 2.24) is 9.80 Å². The maximum Gasteiger partial charge on any atom is 0.416 e. The molecule has 6 aromatic rings. The lowest BCUT2D eigenvalue weighted by molar-refractivity contribution is -0.170. The summed E-state index contributed by atoms with van der Waals surface area (Å²) in [7, 11) is -10.1. The lowest BCUT2D eigenvalue weighted by Gasteiger charge is -2.52. The van der Waals surface area contributed by atoms with Gasteiger partial charge in [0.25, 0.3) is 20.0 Å². The van der Waals surface area contributed by atoms with E-state index in [2.05, 4.69) is 9.47 Å². The van der Waals surface area contributed by atoms with Gasteiger partial charge in [-0.3, -0.25) is 28.0 Å². The van der Waals surface area contributed by atoms with Gasteiger partial charge >= 0.3 is 37.5 Å². The molecule has 1 N–H and O–H groups in total. The third-order valence-electron chi connectivity index (χ3n) is 15.9. The van der Waals surface area contributed by atoms with Crippen LogP contribution in [0.1, 0.15) is 44.4 Å². The van der Waals surface area contributed by atoms with Crippen LogP contribution < -0.4 is 27.9 Å². The fourth-order valence-corrected chi connectivity index (χ4v) is 15.0. The molecule has 1 unspecified atom stereocenters. The second-order valence-electron chi connectivity index (χ2n) is 23.2. The van der Waals surface area contributed by atoms with Crippen molar-refractivity contribution in [3.63, 3.8) is 0 Å². The van der Waals surface area contributed by atoms with Crippen LogP contribution in [0.2, 0.25) is 0 Å². The number of carboxylic acids is 1. The van der Waals surface area contributed by atoms with Crippen LogP contribution in [0.25, 0.3) is 22.3 Å². The molecule has 2 saturated heterocycles. The molecule has 4 heterocycles. The zero-order valence-electron chi connectivity index (χ0n) is 48.0. The summed E-state index contributed by atoms with van der Waals surface area (Å²) in [5, 5.41) is 9.62. The Hall–Kier alpha value is -7.96. The number of fused-ring (bicyclic) bond motifs is 6. The summed E-state index contributed by atoms with van der Waals surface area (Å²) in [6, 6.07) is 16.9. The Labute approximate surface area is 508 Å². The Kier molecular flexibility index (Phi) is 17.3. The van der Waals surface area contributed by atoms with Gasteiger partial charge in [0.05, 0.1) is 75.4 Å². The molecule has 4 aliphatic rings. The van der Waals surface area contributed by atoms with Gasteiger partial charge in [0.15, 0.2) is 0 Å². The Morgan fingerprint density at radius 3 is 1.57 bits per heavy atom. The van der Waals surface area contributed by atoms with Crippen LogP contribution in [-0.4, -0.2) is 139 Å². The summed E-state index contributed by atoms with van der Waals surface area (Å²) in [5.74, 6) is -5.41. The number of esters is 1. The number of aliphatic carboxylic acids is 1. The van der Waals surface area contributed by atoms with Gasteiger partial charge in [0.2, 0.25) is 0 Å². The number of carbonyl (C=O) groups excluding carboxylic acids is 1. The predicted molar refractivity (Wildman–Crippen MR) is 305 cm³/mol.